The molecular formula is C5H8O5. The van der Waals surface area contributed by atoms with Crippen LogP contribution in [0.2, 0.25) is 0 Å². The van der Waals surface area contributed by atoms with Gasteiger partial charge in [0.2, 0.25) is 0 Å². The number of carbonyl (C=O) groups is 2. The summed E-state index contributed by atoms with van der Waals surface area (Å²) >= 11 is 0. The number of carboxylic acid groups (broad SMARTS) is 3. The maximum Gasteiger partial charge on any atom is 0.503 e. The van der Waals surface area contributed by atoms with Gasteiger partial charge in [0.1, 0.15) is 0 Å². The molecule has 0 amide bonds. The van der Waals surface area contributed by atoms with Crippen molar-refractivity contribution in [2.45, 2.75) is 6.92 Å². The Kier molecular flexibility index (Phi) is 8.45. The van der Waals surface area contributed by atoms with E-state index < -0.39 is 12.1 Å². The monoisotopic (exact) mass is 148 g/mol. The predicted molar refractivity (Wildman–Crippen MR) is 33.1 cm³/mol. The third-order valence-corrected chi connectivity index (χ3v) is 0.309. The lowest BCUT2D eigenvalue weighted by atomic mass is 10.5. The fourth-order valence-corrected chi connectivity index (χ4v) is 0.143. The highest BCUT2D eigenvalue weighted by molar-refractivity contribution is 5.79. The van der Waals surface area contributed by atoms with Gasteiger partial charge in [-0.1, -0.05) is 6.08 Å². The van der Waals surface area contributed by atoms with Gasteiger partial charge >= 0.3 is 12.1 Å². The Morgan fingerprint density at radius 2 is 1.50 bits per heavy atom. The molecule has 0 heterocycles. The summed E-state index contributed by atoms with van der Waals surface area (Å²) in [6.07, 6.45) is 0.725. The van der Waals surface area contributed by atoms with Crippen molar-refractivity contribution in [1.29, 1.82) is 0 Å². The van der Waals surface area contributed by atoms with Crippen molar-refractivity contribution >= 4 is 12.1 Å². The molecule has 10 heavy (non-hydrogen) atoms. The lowest BCUT2D eigenvalue weighted by molar-refractivity contribution is -0.131. The summed E-state index contributed by atoms with van der Waals surface area (Å²) in [6.45, 7) is 1.66. The van der Waals surface area contributed by atoms with E-state index in [9.17, 15) is 4.79 Å². The van der Waals surface area contributed by atoms with Crippen LogP contribution in [-0.4, -0.2) is 27.4 Å². The van der Waals surface area contributed by atoms with Gasteiger partial charge < -0.3 is 15.3 Å². The van der Waals surface area contributed by atoms with E-state index in [-0.39, 0.29) is 0 Å². The molecule has 0 aliphatic carbocycles. The number of hydrogen-bond acceptors (Lipinski definition) is 2. The van der Waals surface area contributed by atoms with Crippen LogP contribution in [0.15, 0.2) is 12.2 Å². The van der Waals surface area contributed by atoms with E-state index in [1.54, 1.807) is 6.92 Å². The fraction of sp³-hybridized carbons (Fsp3) is 0.200. The van der Waals surface area contributed by atoms with Crippen LogP contribution in [0.5, 0.6) is 0 Å². The number of allylic oxidation sites excluding steroid dienone is 1. The summed E-state index contributed by atoms with van der Waals surface area (Å²) in [4.78, 5) is 18.1. The SMILES string of the molecule is C/C=C/C(=O)O.O=C(O)O. The molecule has 0 spiro atoms. The Hall–Kier alpha value is -1.52. The van der Waals surface area contributed by atoms with Crippen LogP contribution in [0.4, 0.5) is 4.79 Å². The van der Waals surface area contributed by atoms with Crippen LogP contribution in [0.25, 0.3) is 0 Å². The Labute approximate surface area is 57.2 Å². The molecular weight excluding hydrogens is 140 g/mol. The zero-order valence-corrected chi connectivity index (χ0v) is 5.31. The third-order valence-electron chi connectivity index (χ3n) is 0.309. The van der Waals surface area contributed by atoms with Crippen LogP contribution in [0.1, 0.15) is 6.92 Å². The van der Waals surface area contributed by atoms with Gasteiger partial charge in [0.05, 0.1) is 0 Å². The predicted octanol–water partition coefficient (Wildman–Crippen LogP) is 0.869. The first kappa shape index (κ1) is 11.3. The van der Waals surface area contributed by atoms with Gasteiger partial charge in [-0.15, -0.1) is 0 Å². The Balaban J connectivity index is 0. The summed E-state index contributed by atoms with van der Waals surface area (Å²) in [5, 5.41) is 21.8. The number of hydrogen-bond donors (Lipinski definition) is 3. The average molecular weight is 148 g/mol. The van der Waals surface area contributed by atoms with Crippen LogP contribution in [0, 0.1) is 0 Å². The molecule has 0 aromatic heterocycles. The second-order valence-electron chi connectivity index (χ2n) is 1.12. The Morgan fingerprint density at radius 3 is 1.50 bits per heavy atom. The first-order chi connectivity index (χ1) is 4.50. The molecule has 0 fully saturated rings. The average Bonchev–Trinajstić information content (AvgIpc) is 1.62. The topological polar surface area (TPSA) is 94.8 Å². The van der Waals surface area contributed by atoms with Crippen molar-refractivity contribution in [2.75, 3.05) is 0 Å². The molecule has 0 saturated carbocycles. The minimum Gasteiger partial charge on any atom is -0.478 e. The summed E-state index contributed by atoms with van der Waals surface area (Å²) in [7, 11) is 0. The summed E-state index contributed by atoms with van der Waals surface area (Å²) in [5.74, 6) is -0.891. The van der Waals surface area contributed by atoms with Crippen molar-refractivity contribution in [2.24, 2.45) is 0 Å². The lowest BCUT2D eigenvalue weighted by Gasteiger charge is -1.68. The molecule has 0 unspecified atom stereocenters. The molecule has 5 nitrogen and oxygen atoms in total. The molecule has 0 aromatic rings. The third kappa shape index (κ3) is 88.8. The van der Waals surface area contributed by atoms with E-state index in [1.165, 1.54) is 6.08 Å². The zero-order chi connectivity index (χ0) is 8.57. The standard InChI is InChI=1S/C4H6O2.CH2O3/c1-2-3-4(5)6;2-1(3)4/h2-3H,1H3,(H,5,6);(H2,2,3,4)/b3-2+;. The van der Waals surface area contributed by atoms with E-state index in [1.807, 2.05) is 0 Å². The Morgan fingerprint density at radius 1 is 1.20 bits per heavy atom. The second kappa shape index (κ2) is 7.48. The van der Waals surface area contributed by atoms with Crippen molar-refractivity contribution in [3.05, 3.63) is 12.2 Å². The van der Waals surface area contributed by atoms with E-state index in [4.69, 9.17) is 20.1 Å². The van der Waals surface area contributed by atoms with Gasteiger partial charge in [0, 0.05) is 6.08 Å². The van der Waals surface area contributed by atoms with E-state index in [0.29, 0.717) is 0 Å². The minimum atomic E-state index is -1.83. The maximum absolute atomic E-state index is 9.51. The maximum atomic E-state index is 9.51. The highest BCUT2D eigenvalue weighted by atomic mass is 16.6. The molecule has 0 bridgehead atoms. The molecule has 3 N–H and O–H groups in total. The molecule has 0 aromatic carbocycles. The molecule has 0 saturated heterocycles. The highest BCUT2D eigenvalue weighted by Gasteiger charge is 1.76. The Bertz CT molecular complexity index is 133. The largest absolute Gasteiger partial charge is 0.503 e. The lowest BCUT2D eigenvalue weighted by Crippen LogP contribution is -1.83. The van der Waals surface area contributed by atoms with E-state index >= 15 is 0 Å². The first-order valence-corrected chi connectivity index (χ1v) is 2.28. The smallest absolute Gasteiger partial charge is 0.478 e. The normalized spacial score (nSPS) is 8.10. The number of aliphatic carboxylic acids is 1. The molecule has 0 aliphatic rings. The minimum absolute atomic E-state index is 0.891. The molecule has 58 valence electrons. The quantitative estimate of drug-likeness (QED) is 0.479. The summed E-state index contributed by atoms with van der Waals surface area (Å²) < 4.78 is 0. The van der Waals surface area contributed by atoms with Crippen molar-refractivity contribution in [3.63, 3.8) is 0 Å². The number of rotatable bonds is 1. The van der Waals surface area contributed by atoms with Gasteiger partial charge in [-0.2, -0.15) is 0 Å². The molecule has 0 radical (unpaired) electrons. The van der Waals surface area contributed by atoms with Gasteiger partial charge in [0.25, 0.3) is 0 Å². The van der Waals surface area contributed by atoms with Crippen LogP contribution in [-0.2, 0) is 4.79 Å². The van der Waals surface area contributed by atoms with Crippen LogP contribution >= 0.6 is 0 Å². The number of carboxylic acids is 1. The molecule has 0 aliphatic heterocycles. The zero-order valence-electron chi connectivity index (χ0n) is 5.31. The van der Waals surface area contributed by atoms with Gasteiger partial charge in [0.15, 0.2) is 0 Å². The highest BCUT2D eigenvalue weighted by Crippen LogP contribution is 1.65. The van der Waals surface area contributed by atoms with E-state index in [0.717, 1.165) is 6.08 Å². The van der Waals surface area contributed by atoms with Crippen LogP contribution < -0.4 is 0 Å². The van der Waals surface area contributed by atoms with Crippen molar-refractivity contribution < 1.29 is 24.9 Å². The van der Waals surface area contributed by atoms with Crippen molar-refractivity contribution in [1.82, 2.24) is 0 Å². The molecule has 0 rings (SSSR count). The molecule has 5 heteroatoms. The van der Waals surface area contributed by atoms with Crippen LogP contribution in [0.3, 0.4) is 0 Å². The van der Waals surface area contributed by atoms with Gasteiger partial charge in [-0.05, 0) is 6.92 Å². The molecule has 0 atom stereocenters. The van der Waals surface area contributed by atoms with Gasteiger partial charge in [-0.25, -0.2) is 9.59 Å². The second-order valence-corrected chi connectivity index (χ2v) is 1.12. The van der Waals surface area contributed by atoms with Crippen molar-refractivity contribution in [3.8, 4) is 0 Å². The van der Waals surface area contributed by atoms with E-state index in [2.05, 4.69) is 0 Å². The van der Waals surface area contributed by atoms with Gasteiger partial charge in [-0.3, -0.25) is 0 Å². The first-order valence-electron chi connectivity index (χ1n) is 2.28. The fourth-order valence-electron chi connectivity index (χ4n) is 0.143. The summed E-state index contributed by atoms with van der Waals surface area (Å²) in [6, 6.07) is 0. The summed E-state index contributed by atoms with van der Waals surface area (Å²) in [5.41, 5.74) is 0.